The molecule has 10 atom stereocenters. The van der Waals surface area contributed by atoms with Gasteiger partial charge in [-0.3, -0.25) is 9.59 Å². The van der Waals surface area contributed by atoms with Crippen molar-refractivity contribution < 1.29 is 24.9 Å². The Morgan fingerprint density at radius 1 is 1.07 bits per heavy atom. The van der Waals surface area contributed by atoms with Gasteiger partial charge in [0.1, 0.15) is 6.10 Å². The molecule has 0 radical (unpaired) electrons. The Hall–Kier alpha value is -0.940. The second kappa shape index (κ2) is 7.33. The number of carboxylic acids is 1. The first kappa shape index (κ1) is 21.3. The molecule has 0 aliphatic heterocycles. The lowest BCUT2D eigenvalue weighted by Crippen LogP contribution is -2.62. The monoisotopic (exact) mass is 406 g/mol. The maximum Gasteiger partial charge on any atom is 0.303 e. The van der Waals surface area contributed by atoms with Crippen molar-refractivity contribution in [1.82, 2.24) is 0 Å². The molecule has 0 aromatic heterocycles. The molecule has 0 aromatic carbocycles. The van der Waals surface area contributed by atoms with E-state index in [1.807, 2.05) is 0 Å². The number of aliphatic hydroxyl groups excluding tert-OH is 2. The van der Waals surface area contributed by atoms with Crippen LogP contribution in [-0.2, 0) is 9.59 Å². The third-order valence-corrected chi connectivity index (χ3v) is 10.1. The van der Waals surface area contributed by atoms with Crippen LogP contribution in [0, 0.1) is 46.3 Å². The lowest BCUT2D eigenvalue weighted by molar-refractivity contribution is -0.184. The number of rotatable bonds is 4. The van der Waals surface area contributed by atoms with E-state index in [0.717, 1.165) is 38.5 Å². The van der Waals surface area contributed by atoms with Gasteiger partial charge >= 0.3 is 5.97 Å². The van der Waals surface area contributed by atoms with Crippen molar-refractivity contribution in [3.8, 4) is 0 Å². The highest BCUT2D eigenvalue weighted by Gasteiger charge is 2.65. The molecule has 29 heavy (non-hydrogen) atoms. The highest BCUT2D eigenvalue weighted by atomic mass is 16.4. The lowest BCUT2D eigenvalue weighted by atomic mass is 9.43. The number of carbonyl (C=O) groups is 2. The summed E-state index contributed by atoms with van der Waals surface area (Å²) in [6.07, 6.45) is 5.99. The fourth-order valence-corrected chi connectivity index (χ4v) is 8.52. The van der Waals surface area contributed by atoms with Crippen molar-refractivity contribution in [2.45, 2.75) is 90.8 Å². The van der Waals surface area contributed by atoms with Gasteiger partial charge in [-0.2, -0.15) is 0 Å². The number of hydrogen-bond acceptors (Lipinski definition) is 4. The van der Waals surface area contributed by atoms with Crippen LogP contribution < -0.4 is 0 Å². The zero-order valence-electron chi connectivity index (χ0n) is 18.1. The Balaban J connectivity index is 1.60. The summed E-state index contributed by atoms with van der Waals surface area (Å²) in [7, 11) is 0. The summed E-state index contributed by atoms with van der Waals surface area (Å²) in [4.78, 5) is 24.3. The van der Waals surface area contributed by atoms with Gasteiger partial charge in [-0.15, -0.1) is 0 Å². The van der Waals surface area contributed by atoms with Crippen molar-refractivity contribution in [2.75, 3.05) is 0 Å². The number of fused-ring (bicyclic) bond motifs is 5. The molecule has 4 aliphatic rings. The summed E-state index contributed by atoms with van der Waals surface area (Å²) in [5.74, 6) is 0.552. The Kier molecular flexibility index (Phi) is 5.39. The van der Waals surface area contributed by atoms with E-state index in [0.29, 0.717) is 36.5 Å². The standard InChI is InChI=1S/C24H38O5/c1-13(4-7-19(26)27)15-5-6-16-20-17(9-11-23(15,16)2)24(3)10-8-14(25)12-18(24)21(28)22(20)29/h13-18,20,22,25,29H,4-12H2,1-3H3,(H,26,27)/t13-,14-,15-,16+,17+,18?,20+,22-,23-,24-/m1/s1. The van der Waals surface area contributed by atoms with Crippen LogP contribution in [-0.4, -0.2) is 39.3 Å². The molecule has 164 valence electrons. The highest BCUT2D eigenvalue weighted by molar-refractivity contribution is 5.87. The van der Waals surface area contributed by atoms with Crippen LogP contribution in [0.3, 0.4) is 0 Å². The fourth-order valence-electron chi connectivity index (χ4n) is 8.52. The summed E-state index contributed by atoms with van der Waals surface area (Å²) < 4.78 is 0. The predicted octanol–water partition coefficient (Wildman–Crippen LogP) is 3.66. The van der Waals surface area contributed by atoms with Gasteiger partial charge in [0, 0.05) is 12.3 Å². The summed E-state index contributed by atoms with van der Waals surface area (Å²) in [6.45, 7) is 6.78. The summed E-state index contributed by atoms with van der Waals surface area (Å²) in [5.41, 5.74) is -0.0216. The SMILES string of the molecule is C[C@H](CCC(=O)O)[C@H]1CC[C@H]2[C@@H]3[C@@H](O)C(=O)C4C[C@H](O)CC[C@]4(C)[C@H]3CC[C@]12C. The molecule has 4 aliphatic carbocycles. The van der Waals surface area contributed by atoms with Crippen LogP contribution in [0.1, 0.15) is 78.6 Å². The Morgan fingerprint density at radius 3 is 2.41 bits per heavy atom. The third-order valence-electron chi connectivity index (χ3n) is 10.1. The van der Waals surface area contributed by atoms with E-state index in [9.17, 15) is 19.8 Å². The number of ketones is 1. The Bertz CT molecular complexity index is 676. The van der Waals surface area contributed by atoms with Gasteiger partial charge < -0.3 is 15.3 Å². The van der Waals surface area contributed by atoms with E-state index in [1.54, 1.807) is 0 Å². The number of aliphatic hydroxyl groups is 2. The van der Waals surface area contributed by atoms with Gasteiger partial charge in [0.15, 0.2) is 5.78 Å². The second-order valence-corrected chi connectivity index (χ2v) is 11.3. The summed E-state index contributed by atoms with van der Waals surface area (Å²) in [5, 5.41) is 30.4. The molecular formula is C24H38O5. The van der Waals surface area contributed by atoms with Gasteiger partial charge in [0.2, 0.25) is 0 Å². The maximum atomic E-state index is 13.2. The molecule has 0 saturated heterocycles. The molecule has 0 aromatic rings. The van der Waals surface area contributed by atoms with Crippen molar-refractivity contribution in [3.63, 3.8) is 0 Å². The molecule has 3 N–H and O–H groups in total. The highest BCUT2D eigenvalue weighted by Crippen LogP contribution is 2.67. The Labute approximate surface area is 174 Å². The smallest absolute Gasteiger partial charge is 0.303 e. The van der Waals surface area contributed by atoms with Gasteiger partial charge in [-0.25, -0.2) is 0 Å². The largest absolute Gasteiger partial charge is 0.481 e. The zero-order chi connectivity index (χ0) is 21.1. The summed E-state index contributed by atoms with van der Waals surface area (Å²) in [6, 6.07) is 0. The Morgan fingerprint density at radius 2 is 1.72 bits per heavy atom. The minimum atomic E-state index is -0.902. The zero-order valence-corrected chi connectivity index (χ0v) is 18.1. The van der Waals surface area contributed by atoms with Gasteiger partial charge in [0.05, 0.1) is 6.10 Å². The summed E-state index contributed by atoms with van der Waals surface area (Å²) >= 11 is 0. The van der Waals surface area contributed by atoms with Gasteiger partial charge in [0.25, 0.3) is 0 Å². The average Bonchev–Trinajstić information content (AvgIpc) is 3.02. The van der Waals surface area contributed by atoms with E-state index in [4.69, 9.17) is 5.11 Å². The van der Waals surface area contributed by atoms with Crippen molar-refractivity contribution >= 4 is 11.8 Å². The van der Waals surface area contributed by atoms with Crippen LogP contribution in [0.25, 0.3) is 0 Å². The van der Waals surface area contributed by atoms with Gasteiger partial charge in [-0.05, 0) is 91.8 Å². The first-order valence-corrected chi connectivity index (χ1v) is 11.7. The molecule has 5 nitrogen and oxygen atoms in total. The molecule has 0 bridgehead atoms. The lowest BCUT2D eigenvalue weighted by Gasteiger charge is -2.61. The number of Topliss-reactive ketones (excluding diaryl/α,β-unsaturated/α-hetero) is 1. The second-order valence-electron chi connectivity index (χ2n) is 11.3. The molecule has 4 saturated carbocycles. The normalized spacial score (nSPS) is 50.4. The molecular weight excluding hydrogens is 368 g/mol. The van der Waals surface area contributed by atoms with Crippen LogP contribution in [0.15, 0.2) is 0 Å². The first-order valence-electron chi connectivity index (χ1n) is 11.7. The molecule has 4 fully saturated rings. The van der Waals surface area contributed by atoms with Gasteiger partial charge in [-0.1, -0.05) is 20.8 Å². The number of aliphatic carboxylic acids is 1. The van der Waals surface area contributed by atoms with E-state index in [1.165, 1.54) is 0 Å². The van der Waals surface area contributed by atoms with Crippen LogP contribution in [0.2, 0.25) is 0 Å². The molecule has 1 unspecified atom stereocenters. The average molecular weight is 407 g/mol. The number of carbonyl (C=O) groups excluding carboxylic acids is 1. The van der Waals surface area contributed by atoms with E-state index in [-0.39, 0.29) is 34.9 Å². The topological polar surface area (TPSA) is 94.8 Å². The molecule has 4 rings (SSSR count). The number of hydrogen-bond donors (Lipinski definition) is 3. The van der Waals surface area contributed by atoms with Crippen molar-refractivity contribution in [1.29, 1.82) is 0 Å². The quantitative estimate of drug-likeness (QED) is 0.662. The molecule has 0 spiro atoms. The van der Waals surface area contributed by atoms with Crippen LogP contribution >= 0.6 is 0 Å². The molecule has 5 heteroatoms. The van der Waals surface area contributed by atoms with Crippen LogP contribution in [0.5, 0.6) is 0 Å². The third kappa shape index (κ3) is 3.18. The van der Waals surface area contributed by atoms with Crippen molar-refractivity contribution in [2.24, 2.45) is 46.3 Å². The van der Waals surface area contributed by atoms with Crippen LogP contribution in [0.4, 0.5) is 0 Å². The first-order chi connectivity index (χ1) is 13.6. The number of carboxylic acid groups (broad SMARTS) is 1. The molecule has 0 amide bonds. The molecule has 0 heterocycles. The maximum absolute atomic E-state index is 13.2. The van der Waals surface area contributed by atoms with E-state index < -0.39 is 18.2 Å². The fraction of sp³-hybridized carbons (Fsp3) is 0.917. The van der Waals surface area contributed by atoms with E-state index in [2.05, 4.69) is 20.8 Å². The van der Waals surface area contributed by atoms with Crippen molar-refractivity contribution in [3.05, 3.63) is 0 Å². The predicted molar refractivity (Wildman–Crippen MR) is 109 cm³/mol. The minimum Gasteiger partial charge on any atom is -0.481 e. The van der Waals surface area contributed by atoms with E-state index >= 15 is 0 Å². The minimum absolute atomic E-state index is 0.0226.